The SMILES string of the molecule is CN(C)S(=O)(=O)c1cccnc1NN. The van der Waals surface area contributed by atoms with Crippen molar-refractivity contribution in [3.05, 3.63) is 18.3 Å². The number of hydrogen-bond acceptors (Lipinski definition) is 5. The van der Waals surface area contributed by atoms with Gasteiger partial charge in [-0.2, -0.15) is 0 Å². The lowest BCUT2D eigenvalue weighted by atomic mass is 10.5. The molecule has 0 aliphatic heterocycles. The fraction of sp³-hybridized carbons (Fsp3) is 0.286. The van der Waals surface area contributed by atoms with Crippen molar-refractivity contribution in [3.8, 4) is 0 Å². The number of anilines is 1. The van der Waals surface area contributed by atoms with Gasteiger partial charge in [0.05, 0.1) is 0 Å². The molecule has 0 saturated carbocycles. The molecule has 1 heterocycles. The molecular formula is C7H12N4O2S. The third-order valence-corrected chi connectivity index (χ3v) is 3.51. The van der Waals surface area contributed by atoms with Gasteiger partial charge < -0.3 is 5.43 Å². The van der Waals surface area contributed by atoms with Gasteiger partial charge in [0.2, 0.25) is 10.0 Å². The molecule has 0 unspecified atom stereocenters. The van der Waals surface area contributed by atoms with Crippen molar-refractivity contribution in [2.75, 3.05) is 19.5 Å². The Bertz CT molecular complexity index is 415. The van der Waals surface area contributed by atoms with E-state index in [1.165, 1.54) is 32.4 Å². The summed E-state index contributed by atoms with van der Waals surface area (Å²) in [6.45, 7) is 0. The van der Waals surface area contributed by atoms with Crippen molar-refractivity contribution < 1.29 is 8.42 Å². The molecule has 0 aliphatic rings. The maximum atomic E-state index is 11.7. The molecule has 0 aliphatic carbocycles. The van der Waals surface area contributed by atoms with E-state index >= 15 is 0 Å². The first-order chi connectivity index (χ1) is 6.50. The second-order valence-corrected chi connectivity index (χ2v) is 4.90. The maximum Gasteiger partial charge on any atom is 0.246 e. The molecule has 0 bridgehead atoms. The van der Waals surface area contributed by atoms with E-state index in [1.807, 2.05) is 0 Å². The summed E-state index contributed by atoms with van der Waals surface area (Å²) in [5.41, 5.74) is 2.24. The third-order valence-electron chi connectivity index (χ3n) is 1.67. The van der Waals surface area contributed by atoms with Gasteiger partial charge in [0, 0.05) is 20.3 Å². The minimum absolute atomic E-state index is 0.0625. The first-order valence-electron chi connectivity index (χ1n) is 3.84. The Hall–Kier alpha value is -1.18. The van der Waals surface area contributed by atoms with Crippen LogP contribution in [0.2, 0.25) is 0 Å². The largest absolute Gasteiger partial charge is 0.307 e. The zero-order valence-electron chi connectivity index (χ0n) is 7.93. The van der Waals surface area contributed by atoms with E-state index < -0.39 is 10.0 Å². The van der Waals surface area contributed by atoms with E-state index in [0.717, 1.165) is 4.31 Å². The Balaban J connectivity index is 3.32. The van der Waals surface area contributed by atoms with E-state index in [1.54, 1.807) is 0 Å². The molecule has 14 heavy (non-hydrogen) atoms. The predicted octanol–water partition coefficient (Wildman–Crippen LogP) is -0.382. The molecule has 0 atom stereocenters. The number of nitrogens with one attached hydrogen (secondary N) is 1. The highest BCUT2D eigenvalue weighted by molar-refractivity contribution is 7.89. The number of nitrogens with zero attached hydrogens (tertiary/aromatic N) is 2. The summed E-state index contributed by atoms with van der Waals surface area (Å²) in [6, 6.07) is 2.98. The topological polar surface area (TPSA) is 88.3 Å². The number of hydrogen-bond donors (Lipinski definition) is 2. The average Bonchev–Trinajstić information content (AvgIpc) is 2.17. The van der Waals surface area contributed by atoms with Gasteiger partial charge in [-0.3, -0.25) is 0 Å². The van der Waals surface area contributed by atoms with Crippen LogP contribution in [0, 0.1) is 0 Å². The summed E-state index contributed by atoms with van der Waals surface area (Å²) in [5.74, 6) is 5.29. The Kier molecular flexibility index (Phi) is 3.04. The standard InChI is InChI=1S/C7H12N4O2S/c1-11(2)14(12,13)6-4-3-5-9-7(6)10-8/h3-5H,8H2,1-2H3,(H,9,10). The van der Waals surface area contributed by atoms with Crippen LogP contribution in [0.15, 0.2) is 23.2 Å². The van der Waals surface area contributed by atoms with E-state index in [2.05, 4.69) is 10.4 Å². The average molecular weight is 216 g/mol. The monoisotopic (exact) mass is 216 g/mol. The van der Waals surface area contributed by atoms with Crippen LogP contribution in [0.4, 0.5) is 5.82 Å². The van der Waals surface area contributed by atoms with Crippen LogP contribution in [0.3, 0.4) is 0 Å². The lowest BCUT2D eigenvalue weighted by Gasteiger charge is -2.13. The number of pyridine rings is 1. The molecule has 0 amide bonds. The quantitative estimate of drug-likeness (QED) is 0.531. The van der Waals surface area contributed by atoms with Gasteiger partial charge in [0.15, 0.2) is 5.82 Å². The van der Waals surface area contributed by atoms with Crippen LogP contribution in [0.1, 0.15) is 0 Å². The first kappa shape index (κ1) is 10.9. The summed E-state index contributed by atoms with van der Waals surface area (Å²) in [7, 11) is -0.597. The molecular weight excluding hydrogens is 204 g/mol. The molecule has 1 aromatic heterocycles. The summed E-state index contributed by atoms with van der Waals surface area (Å²) < 4.78 is 24.5. The summed E-state index contributed by atoms with van der Waals surface area (Å²) in [4.78, 5) is 3.87. The van der Waals surface area contributed by atoms with E-state index in [9.17, 15) is 8.42 Å². The highest BCUT2D eigenvalue weighted by Gasteiger charge is 2.21. The minimum atomic E-state index is -3.49. The van der Waals surface area contributed by atoms with Crippen LogP contribution in [0.25, 0.3) is 0 Å². The van der Waals surface area contributed by atoms with Gasteiger partial charge >= 0.3 is 0 Å². The molecule has 0 saturated heterocycles. The molecule has 6 nitrogen and oxygen atoms in total. The lowest BCUT2D eigenvalue weighted by molar-refractivity contribution is 0.520. The molecule has 0 radical (unpaired) electrons. The molecule has 7 heteroatoms. The molecule has 1 aromatic rings. The normalized spacial score (nSPS) is 11.7. The number of nitrogens with two attached hydrogens (primary N) is 1. The van der Waals surface area contributed by atoms with Gasteiger partial charge in [-0.15, -0.1) is 0 Å². The van der Waals surface area contributed by atoms with Crippen molar-refractivity contribution in [1.29, 1.82) is 0 Å². The molecule has 0 aromatic carbocycles. The number of nitrogen functional groups attached to an aromatic ring is 1. The predicted molar refractivity (Wildman–Crippen MR) is 52.9 cm³/mol. The highest BCUT2D eigenvalue weighted by Crippen LogP contribution is 2.19. The van der Waals surface area contributed by atoms with Crippen molar-refractivity contribution in [1.82, 2.24) is 9.29 Å². The maximum absolute atomic E-state index is 11.7. The number of rotatable bonds is 3. The second-order valence-electron chi connectivity index (χ2n) is 2.78. The van der Waals surface area contributed by atoms with Gasteiger partial charge in [-0.1, -0.05) is 0 Å². The van der Waals surface area contributed by atoms with Gasteiger partial charge in [0.1, 0.15) is 4.90 Å². The molecule has 3 N–H and O–H groups in total. The van der Waals surface area contributed by atoms with Gasteiger partial charge in [0.25, 0.3) is 0 Å². The third kappa shape index (κ3) is 1.84. The Morgan fingerprint density at radius 3 is 2.64 bits per heavy atom. The number of hydrazine groups is 1. The summed E-state index contributed by atoms with van der Waals surface area (Å²) >= 11 is 0. The summed E-state index contributed by atoms with van der Waals surface area (Å²) in [5, 5.41) is 0. The van der Waals surface area contributed by atoms with Crippen LogP contribution in [-0.4, -0.2) is 31.8 Å². The smallest absolute Gasteiger partial charge is 0.246 e. The van der Waals surface area contributed by atoms with Crippen LogP contribution in [-0.2, 0) is 10.0 Å². The Morgan fingerprint density at radius 2 is 2.14 bits per heavy atom. The van der Waals surface area contributed by atoms with E-state index in [4.69, 9.17) is 5.84 Å². The first-order valence-corrected chi connectivity index (χ1v) is 5.28. The Morgan fingerprint density at radius 1 is 1.50 bits per heavy atom. The lowest BCUT2D eigenvalue weighted by Crippen LogP contribution is -2.24. The summed E-state index contributed by atoms with van der Waals surface area (Å²) in [6.07, 6.45) is 1.46. The van der Waals surface area contributed by atoms with Gasteiger partial charge in [-0.25, -0.2) is 23.5 Å². The second kappa shape index (κ2) is 3.91. The van der Waals surface area contributed by atoms with Crippen LogP contribution in [0.5, 0.6) is 0 Å². The Labute approximate surface area is 82.8 Å². The van der Waals surface area contributed by atoms with Gasteiger partial charge in [-0.05, 0) is 12.1 Å². The fourth-order valence-corrected chi connectivity index (χ4v) is 1.90. The zero-order chi connectivity index (χ0) is 10.8. The number of sulfonamides is 1. The van der Waals surface area contributed by atoms with Crippen molar-refractivity contribution in [3.63, 3.8) is 0 Å². The number of aromatic nitrogens is 1. The molecule has 1 rings (SSSR count). The minimum Gasteiger partial charge on any atom is -0.307 e. The zero-order valence-corrected chi connectivity index (χ0v) is 8.75. The van der Waals surface area contributed by atoms with Crippen LogP contribution >= 0.6 is 0 Å². The van der Waals surface area contributed by atoms with Crippen LogP contribution < -0.4 is 11.3 Å². The van der Waals surface area contributed by atoms with Crippen molar-refractivity contribution in [2.45, 2.75) is 4.90 Å². The molecule has 0 fully saturated rings. The highest BCUT2D eigenvalue weighted by atomic mass is 32.2. The van der Waals surface area contributed by atoms with E-state index in [-0.39, 0.29) is 10.7 Å². The molecule has 78 valence electrons. The van der Waals surface area contributed by atoms with Crippen molar-refractivity contribution in [2.24, 2.45) is 5.84 Å². The van der Waals surface area contributed by atoms with E-state index in [0.29, 0.717) is 0 Å². The van der Waals surface area contributed by atoms with Crippen molar-refractivity contribution >= 4 is 15.8 Å². The molecule has 0 spiro atoms. The fourth-order valence-electron chi connectivity index (χ4n) is 0.904.